The van der Waals surface area contributed by atoms with Gasteiger partial charge in [-0.3, -0.25) is 0 Å². The van der Waals surface area contributed by atoms with Gasteiger partial charge in [0.05, 0.1) is 6.42 Å². The molecular weight excluding hydrogens is 148 g/mol. The molecule has 0 aromatic carbocycles. The molecule has 5 heteroatoms. The van der Waals surface area contributed by atoms with Crippen LogP contribution in [0.1, 0.15) is 6.42 Å². The molecule has 0 aliphatic heterocycles. The molecule has 66 valence electrons. The molecule has 0 amide bonds. The molecule has 5 nitrogen and oxygen atoms in total. The highest BCUT2D eigenvalue weighted by Gasteiger charge is 2.43. The molecule has 0 radical (unpaired) electrons. The first-order valence-electron chi connectivity index (χ1n) is 3.74. The lowest BCUT2D eigenvalue weighted by Gasteiger charge is -2.33. The minimum absolute atomic E-state index is 0.226. The number of aliphatic hydroxyl groups excluding tert-OH is 3. The molecule has 1 unspecified atom stereocenters. The van der Waals surface area contributed by atoms with Gasteiger partial charge in [0.15, 0.2) is 0 Å². The lowest BCUT2D eigenvalue weighted by atomic mass is 9.85. The van der Waals surface area contributed by atoms with Crippen molar-refractivity contribution in [3.05, 3.63) is 0 Å². The summed E-state index contributed by atoms with van der Waals surface area (Å²) in [6, 6.07) is -0.452. The van der Waals surface area contributed by atoms with Crippen LogP contribution in [0.25, 0.3) is 0 Å². The van der Waals surface area contributed by atoms with Gasteiger partial charge in [-0.1, -0.05) is 0 Å². The van der Waals surface area contributed by atoms with Crippen molar-refractivity contribution < 1.29 is 26.8 Å². The molecule has 0 saturated heterocycles. The molecular formula is C6H16N2O3+2. The van der Waals surface area contributed by atoms with Crippen molar-refractivity contribution in [2.45, 2.75) is 36.8 Å². The normalized spacial score (nSPS) is 52.6. The third kappa shape index (κ3) is 1.52. The van der Waals surface area contributed by atoms with Crippen molar-refractivity contribution in [1.29, 1.82) is 0 Å². The Morgan fingerprint density at radius 2 is 1.18 bits per heavy atom. The maximum absolute atomic E-state index is 9.23. The second-order valence-corrected chi connectivity index (χ2v) is 3.23. The van der Waals surface area contributed by atoms with Gasteiger partial charge in [-0.25, -0.2) is 0 Å². The molecule has 1 saturated carbocycles. The molecule has 9 N–H and O–H groups in total. The summed E-state index contributed by atoms with van der Waals surface area (Å²) in [6.45, 7) is 0. The minimum atomic E-state index is -1.09. The van der Waals surface area contributed by atoms with Gasteiger partial charge in [0.1, 0.15) is 30.4 Å². The first-order chi connectivity index (χ1) is 5.04. The van der Waals surface area contributed by atoms with E-state index in [2.05, 4.69) is 11.5 Å². The average molecular weight is 164 g/mol. The zero-order valence-electron chi connectivity index (χ0n) is 6.35. The highest BCUT2D eigenvalue weighted by Crippen LogP contribution is 2.15. The quantitative estimate of drug-likeness (QED) is 0.249. The summed E-state index contributed by atoms with van der Waals surface area (Å²) in [4.78, 5) is 0. The van der Waals surface area contributed by atoms with Gasteiger partial charge >= 0.3 is 0 Å². The van der Waals surface area contributed by atoms with Gasteiger partial charge in [0.2, 0.25) is 0 Å². The van der Waals surface area contributed by atoms with Gasteiger partial charge < -0.3 is 26.8 Å². The van der Waals surface area contributed by atoms with Crippen molar-refractivity contribution in [3.8, 4) is 0 Å². The van der Waals surface area contributed by atoms with Crippen molar-refractivity contribution in [2.24, 2.45) is 0 Å². The number of rotatable bonds is 0. The number of hydrogen-bond acceptors (Lipinski definition) is 3. The van der Waals surface area contributed by atoms with E-state index in [0.717, 1.165) is 0 Å². The molecule has 0 bridgehead atoms. The van der Waals surface area contributed by atoms with E-state index in [1.54, 1.807) is 0 Å². The summed E-state index contributed by atoms with van der Waals surface area (Å²) in [5, 5.41) is 27.7. The maximum atomic E-state index is 9.23. The second kappa shape index (κ2) is 3.04. The van der Waals surface area contributed by atoms with Crippen LogP contribution < -0.4 is 11.5 Å². The fraction of sp³-hybridized carbons (Fsp3) is 1.00. The monoisotopic (exact) mass is 164 g/mol. The van der Waals surface area contributed by atoms with Gasteiger partial charge in [-0.15, -0.1) is 0 Å². The Balaban J connectivity index is 2.63. The van der Waals surface area contributed by atoms with Crippen LogP contribution in [0, 0.1) is 0 Å². The predicted octanol–water partition coefficient (Wildman–Crippen LogP) is -4.31. The zero-order valence-corrected chi connectivity index (χ0v) is 6.35. The Labute approximate surface area is 64.6 Å². The maximum Gasteiger partial charge on any atom is 0.134 e. The molecule has 0 aromatic heterocycles. The average Bonchev–Trinajstić information content (AvgIpc) is 1.97. The molecule has 0 heterocycles. The summed E-state index contributed by atoms with van der Waals surface area (Å²) in [5.41, 5.74) is 7.31. The third-order valence-electron chi connectivity index (χ3n) is 2.27. The van der Waals surface area contributed by atoms with Gasteiger partial charge in [-0.2, -0.15) is 0 Å². The van der Waals surface area contributed by atoms with Crippen molar-refractivity contribution in [2.75, 3.05) is 0 Å². The topological polar surface area (TPSA) is 116 Å². The van der Waals surface area contributed by atoms with E-state index in [1.165, 1.54) is 0 Å². The van der Waals surface area contributed by atoms with E-state index in [9.17, 15) is 15.3 Å². The van der Waals surface area contributed by atoms with Crippen molar-refractivity contribution in [1.82, 2.24) is 0 Å². The summed E-state index contributed by atoms with van der Waals surface area (Å²) in [6.07, 6.45) is -2.36. The van der Waals surface area contributed by atoms with Gasteiger partial charge in [0.25, 0.3) is 0 Å². The van der Waals surface area contributed by atoms with Crippen LogP contribution in [-0.2, 0) is 0 Å². The summed E-state index contributed by atoms with van der Waals surface area (Å²) in [7, 11) is 0. The Morgan fingerprint density at radius 1 is 0.818 bits per heavy atom. The van der Waals surface area contributed by atoms with Crippen LogP contribution in [0.4, 0.5) is 0 Å². The van der Waals surface area contributed by atoms with Crippen molar-refractivity contribution >= 4 is 0 Å². The molecule has 1 aliphatic rings. The van der Waals surface area contributed by atoms with Gasteiger partial charge in [-0.05, 0) is 0 Å². The largest absolute Gasteiger partial charge is 0.387 e. The standard InChI is InChI=1S/C6H14N2O3/c7-2-1-3(8)5(10)6(11)4(2)9/h2-6,9-11H,1,7-8H2/p+2/t2-,3+,4+,5-,6?. The molecule has 11 heavy (non-hydrogen) atoms. The fourth-order valence-electron chi connectivity index (χ4n) is 1.43. The van der Waals surface area contributed by atoms with Gasteiger partial charge in [0, 0.05) is 0 Å². The smallest absolute Gasteiger partial charge is 0.134 e. The Bertz CT molecular complexity index is 130. The van der Waals surface area contributed by atoms with E-state index in [0.29, 0.717) is 6.42 Å². The predicted molar refractivity (Wildman–Crippen MR) is 36.0 cm³/mol. The lowest BCUT2D eigenvalue weighted by Crippen LogP contribution is -2.81. The first-order valence-corrected chi connectivity index (χ1v) is 3.74. The Hall–Kier alpha value is -0.200. The summed E-state index contributed by atoms with van der Waals surface area (Å²) in [5.74, 6) is 0. The van der Waals surface area contributed by atoms with Crippen LogP contribution in [-0.4, -0.2) is 45.7 Å². The zero-order chi connectivity index (χ0) is 8.59. The summed E-state index contributed by atoms with van der Waals surface area (Å²) >= 11 is 0. The molecule has 1 aliphatic carbocycles. The molecule has 0 spiro atoms. The highest BCUT2D eigenvalue weighted by atomic mass is 16.4. The van der Waals surface area contributed by atoms with E-state index >= 15 is 0 Å². The highest BCUT2D eigenvalue weighted by molar-refractivity contribution is 4.91. The first kappa shape index (κ1) is 8.89. The Morgan fingerprint density at radius 3 is 1.55 bits per heavy atom. The third-order valence-corrected chi connectivity index (χ3v) is 2.27. The summed E-state index contributed by atoms with van der Waals surface area (Å²) < 4.78 is 0. The van der Waals surface area contributed by atoms with Crippen LogP contribution in [0.2, 0.25) is 0 Å². The molecule has 1 rings (SSSR count). The Kier molecular flexibility index (Phi) is 2.46. The van der Waals surface area contributed by atoms with E-state index in [4.69, 9.17) is 0 Å². The van der Waals surface area contributed by atoms with E-state index in [-0.39, 0.29) is 12.1 Å². The van der Waals surface area contributed by atoms with E-state index in [1.807, 2.05) is 0 Å². The molecule has 5 atom stereocenters. The second-order valence-electron chi connectivity index (χ2n) is 3.23. The number of aliphatic hydroxyl groups is 3. The number of hydrogen-bond donors (Lipinski definition) is 5. The number of quaternary nitrogens is 2. The molecule has 1 fully saturated rings. The molecule has 0 aromatic rings. The van der Waals surface area contributed by atoms with Crippen LogP contribution >= 0.6 is 0 Å². The van der Waals surface area contributed by atoms with Crippen LogP contribution in [0.3, 0.4) is 0 Å². The minimum Gasteiger partial charge on any atom is -0.387 e. The fourth-order valence-corrected chi connectivity index (χ4v) is 1.43. The van der Waals surface area contributed by atoms with Crippen LogP contribution in [0.5, 0.6) is 0 Å². The lowest BCUT2D eigenvalue weighted by molar-refractivity contribution is -0.505. The van der Waals surface area contributed by atoms with Crippen LogP contribution in [0.15, 0.2) is 0 Å². The SMILES string of the molecule is [NH3+][C@@H]1C[C@H]([NH3+])[C@@H](O)C(O)[C@H]1O. The van der Waals surface area contributed by atoms with Crippen molar-refractivity contribution in [3.63, 3.8) is 0 Å². The van der Waals surface area contributed by atoms with E-state index < -0.39 is 18.3 Å².